The second-order valence-corrected chi connectivity index (χ2v) is 6.73. The average Bonchev–Trinajstić information content (AvgIpc) is 2.74. The summed E-state index contributed by atoms with van der Waals surface area (Å²) in [5, 5.41) is 5.88. The Balaban J connectivity index is 1.79. The highest BCUT2D eigenvalue weighted by molar-refractivity contribution is 5.78. The summed E-state index contributed by atoms with van der Waals surface area (Å²) in [7, 11) is 1.65. The molecular formula is C17H25N5O2. The molecule has 0 aromatic carbocycles. The fraction of sp³-hybridized carbons (Fsp3) is 0.588. The van der Waals surface area contributed by atoms with Gasteiger partial charge in [-0.1, -0.05) is 6.07 Å². The third-order valence-corrected chi connectivity index (χ3v) is 4.80. The quantitative estimate of drug-likeness (QED) is 0.831. The Bertz CT molecular complexity index is 594. The van der Waals surface area contributed by atoms with Crippen molar-refractivity contribution in [3.63, 3.8) is 0 Å². The van der Waals surface area contributed by atoms with Gasteiger partial charge < -0.3 is 15.5 Å². The van der Waals surface area contributed by atoms with Crippen LogP contribution in [0, 0.1) is 0 Å². The van der Waals surface area contributed by atoms with Gasteiger partial charge in [0.2, 0.25) is 5.91 Å². The summed E-state index contributed by atoms with van der Waals surface area (Å²) in [4.78, 5) is 32.5. The molecule has 7 nitrogen and oxygen atoms in total. The molecule has 2 fully saturated rings. The number of piperidine rings is 1. The SMILES string of the molecule is CNC(=O)N1CCN(Cc2cccnc2)CC2(CCCC(=O)N2)C1. The van der Waals surface area contributed by atoms with E-state index < -0.39 is 0 Å². The number of pyridine rings is 1. The molecule has 0 saturated carbocycles. The van der Waals surface area contributed by atoms with Crippen LogP contribution < -0.4 is 10.6 Å². The van der Waals surface area contributed by atoms with Gasteiger partial charge in [-0.25, -0.2) is 4.79 Å². The molecule has 2 aliphatic heterocycles. The molecule has 3 rings (SSSR count). The van der Waals surface area contributed by atoms with Gasteiger partial charge >= 0.3 is 6.03 Å². The number of nitrogens with zero attached hydrogens (tertiary/aromatic N) is 3. The molecule has 24 heavy (non-hydrogen) atoms. The Labute approximate surface area is 142 Å². The molecule has 0 radical (unpaired) electrons. The first kappa shape index (κ1) is 16.7. The van der Waals surface area contributed by atoms with Crippen molar-refractivity contribution in [2.75, 3.05) is 33.2 Å². The molecule has 1 atom stereocenters. The predicted molar refractivity (Wildman–Crippen MR) is 90.3 cm³/mol. The van der Waals surface area contributed by atoms with Crippen LogP contribution in [0.15, 0.2) is 24.5 Å². The Kier molecular flexibility index (Phi) is 4.99. The lowest BCUT2D eigenvalue weighted by Gasteiger charge is -2.41. The van der Waals surface area contributed by atoms with E-state index in [2.05, 4.69) is 26.6 Å². The van der Waals surface area contributed by atoms with Crippen LogP contribution in [0.5, 0.6) is 0 Å². The minimum Gasteiger partial charge on any atom is -0.348 e. The lowest BCUT2D eigenvalue weighted by atomic mass is 9.87. The molecule has 7 heteroatoms. The summed E-state index contributed by atoms with van der Waals surface area (Å²) in [6.45, 7) is 3.51. The summed E-state index contributed by atoms with van der Waals surface area (Å²) in [5.41, 5.74) is 0.781. The minimum atomic E-state index is -0.361. The topological polar surface area (TPSA) is 77.6 Å². The molecule has 1 unspecified atom stereocenters. The maximum absolute atomic E-state index is 12.2. The van der Waals surface area contributed by atoms with Crippen LogP contribution >= 0.6 is 0 Å². The summed E-state index contributed by atoms with van der Waals surface area (Å²) < 4.78 is 0. The minimum absolute atomic E-state index is 0.0846. The number of aromatic nitrogens is 1. The van der Waals surface area contributed by atoms with Crippen molar-refractivity contribution in [1.29, 1.82) is 0 Å². The first-order valence-electron chi connectivity index (χ1n) is 8.49. The second kappa shape index (κ2) is 7.17. The number of urea groups is 1. The van der Waals surface area contributed by atoms with E-state index >= 15 is 0 Å². The van der Waals surface area contributed by atoms with Crippen molar-refractivity contribution in [3.05, 3.63) is 30.1 Å². The third-order valence-electron chi connectivity index (χ3n) is 4.80. The molecule has 130 valence electrons. The van der Waals surface area contributed by atoms with E-state index in [9.17, 15) is 9.59 Å². The summed E-state index contributed by atoms with van der Waals surface area (Å²) >= 11 is 0. The zero-order valence-electron chi connectivity index (χ0n) is 14.1. The zero-order valence-corrected chi connectivity index (χ0v) is 14.1. The number of hydrogen-bond donors (Lipinski definition) is 2. The molecule has 2 aliphatic rings. The van der Waals surface area contributed by atoms with E-state index in [1.165, 1.54) is 0 Å². The van der Waals surface area contributed by atoms with Gasteiger partial charge in [-0.05, 0) is 24.5 Å². The Hall–Kier alpha value is -2.15. The van der Waals surface area contributed by atoms with Crippen LogP contribution in [-0.4, -0.2) is 65.5 Å². The number of hydrogen-bond acceptors (Lipinski definition) is 4. The second-order valence-electron chi connectivity index (χ2n) is 6.73. The lowest BCUT2D eigenvalue weighted by Crippen LogP contribution is -2.62. The molecule has 0 aliphatic carbocycles. The van der Waals surface area contributed by atoms with Gasteiger partial charge in [0.15, 0.2) is 0 Å². The number of nitrogens with one attached hydrogen (secondary N) is 2. The molecule has 1 aromatic rings. The van der Waals surface area contributed by atoms with Crippen molar-refractivity contribution in [2.45, 2.75) is 31.3 Å². The maximum Gasteiger partial charge on any atom is 0.317 e. The fourth-order valence-electron chi connectivity index (χ4n) is 3.73. The molecule has 1 spiro atoms. The first-order chi connectivity index (χ1) is 11.6. The monoisotopic (exact) mass is 331 g/mol. The van der Waals surface area contributed by atoms with E-state index in [4.69, 9.17) is 0 Å². The number of amides is 3. The van der Waals surface area contributed by atoms with E-state index in [1.54, 1.807) is 13.2 Å². The van der Waals surface area contributed by atoms with Crippen molar-refractivity contribution < 1.29 is 9.59 Å². The van der Waals surface area contributed by atoms with Gasteiger partial charge in [-0.3, -0.25) is 14.7 Å². The smallest absolute Gasteiger partial charge is 0.317 e. The zero-order chi connectivity index (χ0) is 17.0. The molecule has 0 bridgehead atoms. The summed E-state index contributed by atoms with van der Waals surface area (Å²) in [5.74, 6) is 0.0846. The van der Waals surface area contributed by atoms with Crippen LogP contribution in [0.1, 0.15) is 24.8 Å². The van der Waals surface area contributed by atoms with Crippen LogP contribution in [0.2, 0.25) is 0 Å². The Morgan fingerprint density at radius 1 is 1.42 bits per heavy atom. The molecular weight excluding hydrogens is 306 g/mol. The van der Waals surface area contributed by atoms with Crippen LogP contribution in [0.4, 0.5) is 4.79 Å². The van der Waals surface area contributed by atoms with E-state index in [0.717, 1.165) is 38.0 Å². The number of carbonyl (C=O) groups is 2. The third kappa shape index (κ3) is 3.84. The van der Waals surface area contributed by atoms with Gasteiger partial charge in [-0.15, -0.1) is 0 Å². The molecule has 3 heterocycles. The Morgan fingerprint density at radius 3 is 3.00 bits per heavy atom. The first-order valence-corrected chi connectivity index (χ1v) is 8.49. The van der Waals surface area contributed by atoms with Crippen LogP contribution in [0.3, 0.4) is 0 Å². The molecule has 3 amide bonds. The highest BCUT2D eigenvalue weighted by atomic mass is 16.2. The Morgan fingerprint density at radius 2 is 2.29 bits per heavy atom. The van der Waals surface area contributed by atoms with Crippen LogP contribution in [0.25, 0.3) is 0 Å². The number of rotatable bonds is 2. The van der Waals surface area contributed by atoms with E-state index in [0.29, 0.717) is 19.5 Å². The lowest BCUT2D eigenvalue weighted by molar-refractivity contribution is -0.125. The highest BCUT2D eigenvalue weighted by Crippen LogP contribution is 2.25. The number of carbonyl (C=O) groups excluding carboxylic acids is 2. The molecule has 2 saturated heterocycles. The van der Waals surface area contributed by atoms with Gasteiger partial charge in [-0.2, -0.15) is 0 Å². The van der Waals surface area contributed by atoms with Gasteiger partial charge in [0.05, 0.1) is 5.54 Å². The molecule has 2 N–H and O–H groups in total. The largest absolute Gasteiger partial charge is 0.348 e. The predicted octanol–water partition coefficient (Wildman–Crippen LogP) is 0.577. The standard InChI is InChI=1S/C17H25N5O2/c1-18-16(24)22-9-8-21(11-14-4-3-7-19-10-14)12-17(13-22)6-2-5-15(23)20-17/h3-4,7,10H,2,5-6,8-9,11-13H2,1H3,(H,18,24)(H,20,23). The summed E-state index contributed by atoms with van der Waals surface area (Å²) in [6, 6.07) is 3.90. The van der Waals surface area contributed by atoms with E-state index in [1.807, 2.05) is 17.2 Å². The van der Waals surface area contributed by atoms with Gasteiger partial charge in [0, 0.05) is 58.6 Å². The highest BCUT2D eigenvalue weighted by Gasteiger charge is 2.41. The van der Waals surface area contributed by atoms with Crippen LogP contribution in [-0.2, 0) is 11.3 Å². The van der Waals surface area contributed by atoms with Crippen molar-refractivity contribution in [1.82, 2.24) is 25.4 Å². The van der Waals surface area contributed by atoms with Crippen molar-refractivity contribution in [3.8, 4) is 0 Å². The average molecular weight is 331 g/mol. The van der Waals surface area contributed by atoms with Gasteiger partial charge in [0.1, 0.15) is 0 Å². The van der Waals surface area contributed by atoms with Crippen molar-refractivity contribution in [2.24, 2.45) is 0 Å². The van der Waals surface area contributed by atoms with E-state index in [-0.39, 0.29) is 17.5 Å². The normalized spacial score (nSPS) is 25.2. The van der Waals surface area contributed by atoms with Crippen molar-refractivity contribution >= 4 is 11.9 Å². The fourth-order valence-corrected chi connectivity index (χ4v) is 3.73. The summed E-state index contributed by atoms with van der Waals surface area (Å²) in [6.07, 6.45) is 5.98. The van der Waals surface area contributed by atoms with Gasteiger partial charge in [0.25, 0.3) is 0 Å². The molecule has 1 aromatic heterocycles. The maximum atomic E-state index is 12.2.